The molecule has 11 nitrogen and oxygen atoms in total. The molecule has 2 aromatic rings. The van der Waals surface area contributed by atoms with Crippen LogP contribution in [0.25, 0.3) is 11.0 Å². The predicted molar refractivity (Wildman–Crippen MR) is 140 cm³/mol. The normalized spacial score (nSPS) is 20.0. The molecule has 1 aliphatic rings. The standard InChI is InChI=1S/C26H38N6O5/c1-4-17(2)23-25(36)28-12-7-15-32-21-16-19(9-10-20(21)29-26(32)37)24(35)27-11-6-14-31(18(3)33)13-5-8-22(34)30-23/h9-10,16-17,23H,4-8,11-15H2,1-3H3,(H,27,35)(H,28,36)(H,29,37)(H,30,34)/t17-,23-/m0/s1. The molecule has 0 unspecified atom stereocenters. The van der Waals surface area contributed by atoms with Crippen LogP contribution in [0, 0.1) is 5.92 Å². The van der Waals surface area contributed by atoms with Crippen LogP contribution in [0.2, 0.25) is 0 Å². The molecule has 1 aromatic heterocycles. The van der Waals surface area contributed by atoms with Gasteiger partial charge in [0.15, 0.2) is 0 Å². The highest BCUT2D eigenvalue weighted by Gasteiger charge is 2.25. The molecule has 2 bridgehead atoms. The van der Waals surface area contributed by atoms with Gasteiger partial charge in [0.1, 0.15) is 6.04 Å². The molecule has 202 valence electrons. The van der Waals surface area contributed by atoms with Crippen molar-refractivity contribution in [1.82, 2.24) is 30.4 Å². The van der Waals surface area contributed by atoms with E-state index in [1.54, 1.807) is 27.7 Å². The molecule has 3 rings (SSSR count). The summed E-state index contributed by atoms with van der Waals surface area (Å²) >= 11 is 0. The predicted octanol–water partition coefficient (Wildman–Crippen LogP) is 1.13. The zero-order valence-electron chi connectivity index (χ0n) is 21.9. The van der Waals surface area contributed by atoms with Gasteiger partial charge in [0.25, 0.3) is 5.91 Å². The molecule has 0 saturated carbocycles. The van der Waals surface area contributed by atoms with Crippen LogP contribution >= 0.6 is 0 Å². The number of amides is 4. The third kappa shape index (κ3) is 7.43. The maximum absolute atomic E-state index is 12.9. The molecule has 0 fully saturated rings. The number of rotatable bonds is 2. The molecule has 4 N–H and O–H groups in total. The number of H-pyrrole nitrogens is 1. The van der Waals surface area contributed by atoms with Gasteiger partial charge in [-0.2, -0.15) is 0 Å². The zero-order valence-corrected chi connectivity index (χ0v) is 21.9. The molecule has 1 aliphatic heterocycles. The van der Waals surface area contributed by atoms with Crippen LogP contribution in [0.3, 0.4) is 0 Å². The Hall–Kier alpha value is -3.63. The molecule has 4 amide bonds. The second-order valence-electron chi connectivity index (χ2n) is 9.61. The number of aryl methyl sites for hydroxylation is 1. The maximum Gasteiger partial charge on any atom is 0.326 e. The summed E-state index contributed by atoms with van der Waals surface area (Å²) in [5, 5.41) is 8.61. The fraction of sp³-hybridized carbons (Fsp3) is 0.577. The number of hydrogen-bond acceptors (Lipinski definition) is 5. The second kappa shape index (κ2) is 13.1. The van der Waals surface area contributed by atoms with Crippen molar-refractivity contribution in [3.63, 3.8) is 0 Å². The molecule has 1 aromatic carbocycles. The highest BCUT2D eigenvalue weighted by molar-refractivity contribution is 5.97. The first-order chi connectivity index (χ1) is 17.7. The summed E-state index contributed by atoms with van der Waals surface area (Å²) in [5.74, 6) is -0.911. The summed E-state index contributed by atoms with van der Waals surface area (Å²) in [4.78, 5) is 67.2. The Labute approximate surface area is 216 Å². The van der Waals surface area contributed by atoms with E-state index >= 15 is 0 Å². The summed E-state index contributed by atoms with van der Waals surface area (Å²) in [7, 11) is 0. The average molecular weight is 515 g/mol. The van der Waals surface area contributed by atoms with E-state index in [0.29, 0.717) is 68.6 Å². The quantitative estimate of drug-likeness (QED) is 0.475. The van der Waals surface area contributed by atoms with Crippen molar-refractivity contribution >= 4 is 34.7 Å². The average Bonchev–Trinajstić information content (AvgIpc) is 3.19. The van der Waals surface area contributed by atoms with E-state index < -0.39 is 6.04 Å². The monoisotopic (exact) mass is 514 g/mol. The van der Waals surface area contributed by atoms with Gasteiger partial charge in [-0.1, -0.05) is 20.3 Å². The van der Waals surface area contributed by atoms with Gasteiger partial charge in [-0.25, -0.2) is 4.79 Å². The van der Waals surface area contributed by atoms with E-state index in [4.69, 9.17) is 0 Å². The number of nitrogens with zero attached hydrogens (tertiary/aromatic N) is 2. The number of hydrogen-bond donors (Lipinski definition) is 4. The van der Waals surface area contributed by atoms with Gasteiger partial charge in [-0.15, -0.1) is 0 Å². The lowest BCUT2D eigenvalue weighted by atomic mass is 9.98. The largest absolute Gasteiger partial charge is 0.354 e. The van der Waals surface area contributed by atoms with Crippen LogP contribution in [-0.2, 0) is 20.9 Å². The van der Waals surface area contributed by atoms with Crippen molar-refractivity contribution in [1.29, 1.82) is 0 Å². The molecule has 2 heterocycles. The van der Waals surface area contributed by atoms with Gasteiger partial charge in [0, 0.05) is 51.6 Å². The van der Waals surface area contributed by atoms with E-state index in [-0.39, 0.29) is 41.7 Å². The van der Waals surface area contributed by atoms with Gasteiger partial charge in [-0.3, -0.25) is 23.7 Å². The van der Waals surface area contributed by atoms with Crippen molar-refractivity contribution in [2.75, 3.05) is 26.2 Å². The summed E-state index contributed by atoms with van der Waals surface area (Å²) in [6.07, 6.45) is 2.45. The lowest BCUT2D eigenvalue weighted by molar-refractivity contribution is -0.131. The molecule has 37 heavy (non-hydrogen) atoms. The smallest absolute Gasteiger partial charge is 0.326 e. The third-order valence-corrected chi connectivity index (χ3v) is 6.87. The fourth-order valence-electron chi connectivity index (χ4n) is 4.45. The summed E-state index contributed by atoms with van der Waals surface area (Å²) in [6, 6.07) is 4.39. The molecular formula is C26H38N6O5. The first-order valence-electron chi connectivity index (χ1n) is 13.0. The SMILES string of the molecule is CC[C@H](C)[C@@H]1NC(=O)CCCN(C(C)=O)CCCNC(=O)c2ccc3[nH]c(=O)n(c3c2)CCCNC1=O. The number of benzene rings is 1. The van der Waals surface area contributed by atoms with Crippen molar-refractivity contribution in [2.24, 2.45) is 5.92 Å². The van der Waals surface area contributed by atoms with Crippen molar-refractivity contribution in [3.05, 3.63) is 34.2 Å². The Balaban J connectivity index is 1.81. The molecule has 0 aliphatic carbocycles. The third-order valence-electron chi connectivity index (χ3n) is 6.87. The molecule has 0 spiro atoms. The van der Waals surface area contributed by atoms with Crippen molar-refractivity contribution < 1.29 is 19.2 Å². The lowest BCUT2D eigenvalue weighted by Gasteiger charge is -2.24. The van der Waals surface area contributed by atoms with Crippen LogP contribution in [0.15, 0.2) is 23.0 Å². The van der Waals surface area contributed by atoms with Gasteiger partial charge in [0.05, 0.1) is 11.0 Å². The summed E-state index contributed by atoms with van der Waals surface area (Å²) in [5.41, 5.74) is 1.39. The number of carbonyl (C=O) groups is 4. The van der Waals surface area contributed by atoms with Crippen LogP contribution in [-0.4, -0.2) is 70.3 Å². The Morgan fingerprint density at radius 3 is 2.46 bits per heavy atom. The Kier molecular flexibility index (Phi) is 9.87. The number of aromatic nitrogens is 2. The number of imidazole rings is 1. The van der Waals surface area contributed by atoms with Crippen LogP contribution in [0.5, 0.6) is 0 Å². The summed E-state index contributed by atoms with van der Waals surface area (Å²) < 4.78 is 1.55. The number of aromatic amines is 1. The van der Waals surface area contributed by atoms with Gasteiger partial charge in [-0.05, 0) is 43.4 Å². The topological polar surface area (TPSA) is 145 Å². The number of nitrogens with one attached hydrogen (secondary N) is 4. The van der Waals surface area contributed by atoms with E-state index in [2.05, 4.69) is 20.9 Å². The van der Waals surface area contributed by atoms with Crippen LogP contribution in [0.4, 0.5) is 0 Å². The molecule has 0 radical (unpaired) electrons. The number of fused-ring (bicyclic) bond motifs is 1. The Morgan fingerprint density at radius 1 is 1.03 bits per heavy atom. The molecule has 2 atom stereocenters. The van der Waals surface area contributed by atoms with E-state index in [9.17, 15) is 24.0 Å². The zero-order chi connectivity index (χ0) is 26.9. The highest BCUT2D eigenvalue weighted by Crippen LogP contribution is 2.14. The summed E-state index contributed by atoms with van der Waals surface area (Å²) in [6.45, 7) is 7.29. The Morgan fingerprint density at radius 2 is 1.73 bits per heavy atom. The fourth-order valence-corrected chi connectivity index (χ4v) is 4.45. The van der Waals surface area contributed by atoms with Crippen LogP contribution < -0.4 is 21.6 Å². The molecular weight excluding hydrogens is 476 g/mol. The first kappa shape index (κ1) is 27.9. The van der Waals surface area contributed by atoms with Crippen molar-refractivity contribution in [2.45, 2.75) is 65.5 Å². The minimum Gasteiger partial charge on any atom is -0.354 e. The van der Waals surface area contributed by atoms with Crippen molar-refractivity contribution in [3.8, 4) is 0 Å². The van der Waals surface area contributed by atoms with Gasteiger partial charge < -0.3 is 25.8 Å². The first-order valence-corrected chi connectivity index (χ1v) is 13.0. The molecule has 11 heteroatoms. The number of carbonyl (C=O) groups excluding carboxylic acids is 4. The van der Waals surface area contributed by atoms with Gasteiger partial charge in [0.2, 0.25) is 17.7 Å². The maximum atomic E-state index is 12.9. The second-order valence-corrected chi connectivity index (χ2v) is 9.61. The minimum absolute atomic E-state index is 0.0565. The van der Waals surface area contributed by atoms with Gasteiger partial charge >= 0.3 is 5.69 Å². The lowest BCUT2D eigenvalue weighted by Crippen LogP contribution is -2.50. The highest BCUT2D eigenvalue weighted by atomic mass is 16.2. The Bertz CT molecular complexity index is 1190. The van der Waals surface area contributed by atoms with E-state index in [1.165, 1.54) is 6.92 Å². The molecule has 0 saturated heterocycles. The van der Waals surface area contributed by atoms with E-state index in [0.717, 1.165) is 6.42 Å². The minimum atomic E-state index is -0.661. The van der Waals surface area contributed by atoms with E-state index in [1.807, 2.05) is 13.8 Å². The van der Waals surface area contributed by atoms with Crippen LogP contribution in [0.1, 0.15) is 63.2 Å².